The molecule has 0 bridgehead atoms. The van der Waals surface area contributed by atoms with Gasteiger partial charge in [0.2, 0.25) is 0 Å². The summed E-state index contributed by atoms with van der Waals surface area (Å²) in [5.74, 6) is -0.935. The van der Waals surface area contributed by atoms with E-state index in [-0.39, 0.29) is 18.8 Å². The molecule has 0 radical (unpaired) electrons. The highest BCUT2D eigenvalue weighted by Crippen LogP contribution is 2.35. The number of carbonyl (C=O) groups excluding carboxylic acids is 2. The van der Waals surface area contributed by atoms with Crippen LogP contribution in [0.25, 0.3) is 0 Å². The molecule has 0 spiro atoms. The first-order valence-corrected chi connectivity index (χ1v) is 6.98. The summed E-state index contributed by atoms with van der Waals surface area (Å²) in [6.07, 6.45) is 0. The summed E-state index contributed by atoms with van der Waals surface area (Å²) in [6.45, 7) is 1.90. The second-order valence-corrected chi connectivity index (χ2v) is 4.66. The molecule has 0 aliphatic rings. The summed E-state index contributed by atoms with van der Waals surface area (Å²) in [7, 11) is 2.85. The van der Waals surface area contributed by atoms with Gasteiger partial charge in [-0.05, 0) is 6.92 Å². The van der Waals surface area contributed by atoms with Gasteiger partial charge in [-0.1, -0.05) is 11.6 Å². The first-order valence-electron chi connectivity index (χ1n) is 6.61. The largest absolute Gasteiger partial charge is 0.495 e. The van der Waals surface area contributed by atoms with Crippen LogP contribution in [0, 0.1) is 0 Å². The molecule has 0 saturated carbocycles. The van der Waals surface area contributed by atoms with Crippen molar-refractivity contribution in [1.82, 2.24) is 4.90 Å². The molecule has 0 saturated heterocycles. The number of aliphatic hydroxyl groups excluding tert-OH is 1. The van der Waals surface area contributed by atoms with Crippen LogP contribution >= 0.6 is 11.6 Å². The number of methoxy groups -OCH3 is 2. The third-order valence-electron chi connectivity index (χ3n) is 2.96. The summed E-state index contributed by atoms with van der Waals surface area (Å²) in [5.41, 5.74) is 0.266. The Kier molecular flexibility index (Phi) is 6.94. The molecular weight excluding hydrogens is 312 g/mol. The Balaban J connectivity index is 2.98. The molecule has 7 nitrogen and oxygen atoms in total. The second kappa shape index (κ2) is 8.45. The van der Waals surface area contributed by atoms with Crippen molar-refractivity contribution in [3.8, 4) is 11.5 Å². The van der Waals surface area contributed by atoms with E-state index >= 15 is 0 Å². The number of halogens is 1. The Morgan fingerprint density at radius 2 is 1.91 bits per heavy atom. The number of nitrogens with one attached hydrogen (secondary N) is 1. The van der Waals surface area contributed by atoms with Gasteiger partial charge in [-0.15, -0.1) is 0 Å². The highest BCUT2D eigenvalue weighted by Gasteiger charge is 2.22. The van der Waals surface area contributed by atoms with Gasteiger partial charge >= 0.3 is 11.8 Å². The van der Waals surface area contributed by atoms with E-state index in [0.29, 0.717) is 23.1 Å². The predicted octanol–water partition coefficient (Wildman–Crippen LogP) is 1.14. The van der Waals surface area contributed by atoms with Crippen molar-refractivity contribution in [1.29, 1.82) is 0 Å². The van der Waals surface area contributed by atoms with E-state index < -0.39 is 11.8 Å². The van der Waals surface area contributed by atoms with Crippen LogP contribution in [0.15, 0.2) is 12.1 Å². The summed E-state index contributed by atoms with van der Waals surface area (Å²) in [4.78, 5) is 25.3. The van der Waals surface area contributed by atoms with Gasteiger partial charge in [-0.2, -0.15) is 0 Å². The Morgan fingerprint density at radius 3 is 2.41 bits per heavy atom. The number of ether oxygens (including phenoxy) is 2. The second-order valence-electron chi connectivity index (χ2n) is 4.25. The molecule has 1 aromatic rings. The lowest BCUT2D eigenvalue weighted by Gasteiger charge is -2.19. The van der Waals surface area contributed by atoms with Crippen molar-refractivity contribution in [3.63, 3.8) is 0 Å². The van der Waals surface area contributed by atoms with Crippen LogP contribution in [0.2, 0.25) is 5.02 Å². The normalized spacial score (nSPS) is 10.0. The minimum atomic E-state index is -0.835. The van der Waals surface area contributed by atoms with Crippen molar-refractivity contribution in [2.75, 3.05) is 39.2 Å². The maximum Gasteiger partial charge on any atom is 0.314 e. The van der Waals surface area contributed by atoms with Gasteiger partial charge in [0.25, 0.3) is 0 Å². The van der Waals surface area contributed by atoms with Crippen LogP contribution in [0.4, 0.5) is 5.69 Å². The van der Waals surface area contributed by atoms with E-state index in [2.05, 4.69) is 5.32 Å². The van der Waals surface area contributed by atoms with Gasteiger partial charge in [-0.25, -0.2) is 0 Å². The number of nitrogens with zero attached hydrogens (tertiary/aromatic N) is 1. The summed E-state index contributed by atoms with van der Waals surface area (Å²) >= 11 is 5.97. The van der Waals surface area contributed by atoms with Crippen LogP contribution in [0.1, 0.15) is 6.92 Å². The van der Waals surface area contributed by atoms with Crippen molar-refractivity contribution in [3.05, 3.63) is 17.2 Å². The maximum absolute atomic E-state index is 12.0. The van der Waals surface area contributed by atoms with Crippen LogP contribution in [0.5, 0.6) is 11.5 Å². The Morgan fingerprint density at radius 1 is 1.27 bits per heavy atom. The third-order valence-corrected chi connectivity index (χ3v) is 3.25. The fourth-order valence-corrected chi connectivity index (χ4v) is 2.03. The predicted molar refractivity (Wildman–Crippen MR) is 82.5 cm³/mol. The van der Waals surface area contributed by atoms with E-state index in [1.165, 1.54) is 31.3 Å². The summed E-state index contributed by atoms with van der Waals surface area (Å²) in [6, 6.07) is 2.94. The number of carbonyl (C=O) groups is 2. The van der Waals surface area contributed by atoms with E-state index in [4.69, 9.17) is 26.2 Å². The van der Waals surface area contributed by atoms with E-state index in [0.717, 1.165) is 0 Å². The molecule has 0 aliphatic heterocycles. The lowest BCUT2D eigenvalue weighted by molar-refractivity contribution is -0.143. The average molecular weight is 331 g/mol. The van der Waals surface area contributed by atoms with Crippen LogP contribution in [0.3, 0.4) is 0 Å². The molecule has 22 heavy (non-hydrogen) atoms. The zero-order valence-corrected chi connectivity index (χ0v) is 13.4. The van der Waals surface area contributed by atoms with Crippen LogP contribution < -0.4 is 14.8 Å². The Hall–Kier alpha value is -1.99. The van der Waals surface area contributed by atoms with Gasteiger partial charge in [0.15, 0.2) is 0 Å². The number of benzene rings is 1. The first-order chi connectivity index (χ1) is 10.5. The lowest BCUT2D eigenvalue weighted by Crippen LogP contribution is -2.41. The first kappa shape index (κ1) is 18.1. The van der Waals surface area contributed by atoms with Gasteiger partial charge < -0.3 is 24.8 Å². The number of hydrogen-bond donors (Lipinski definition) is 2. The molecule has 0 fully saturated rings. The fourth-order valence-electron chi connectivity index (χ4n) is 1.80. The smallest absolute Gasteiger partial charge is 0.314 e. The van der Waals surface area contributed by atoms with Gasteiger partial charge in [0, 0.05) is 25.2 Å². The van der Waals surface area contributed by atoms with Gasteiger partial charge in [0.05, 0.1) is 31.5 Å². The van der Waals surface area contributed by atoms with Crippen molar-refractivity contribution in [2.24, 2.45) is 0 Å². The maximum atomic E-state index is 12.0. The van der Waals surface area contributed by atoms with E-state index in [9.17, 15) is 9.59 Å². The highest BCUT2D eigenvalue weighted by molar-refractivity contribution is 6.40. The molecule has 122 valence electrons. The number of amides is 2. The van der Waals surface area contributed by atoms with Gasteiger partial charge in [-0.3, -0.25) is 9.59 Å². The SMILES string of the molecule is CCN(CCO)C(=O)C(=O)Nc1cc(OC)c(Cl)cc1OC. The van der Waals surface area contributed by atoms with Gasteiger partial charge in [0.1, 0.15) is 11.5 Å². The fraction of sp³-hybridized carbons (Fsp3) is 0.429. The minimum Gasteiger partial charge on any atom is -0.495 e. The Labute approximate surface area is 133 Å². The molecule has 0 atom stereocenters. The Bertz CT molecular complexity index is 550. The molecule has 1 aromatic carbocycles. The van der Waals surface area contributed by atoms with Crippen molar-refractivity contribution in [2.45, 2.75) is 6.92 Å². The average Bonchev–Trinajstić information content (AvgIpc) is 2.52. The molecule has 8 heteroatoms. The summed E-state index contributed by atoms with van der Waals surface area (Å²) in [5, 5.41) is 11.7. The number of anilines is 1. The molecule has 0 unspecified atom stereocenters. The van der Waals surface area contributed by atoms with Crippen LogP contribution in [-0.4, -0.2) is 55.7 Å². The molecular formula is C14H19ClN2O5. The molecule has 0 heterocycles. The van der Waals surface area contributed by atoms with E-state index in [1.807, 2.05) is 0 Å². The van der Waals surface area contributed by atoms with Crippen molar-refractivity contribution >= 4 is 29.1 Å². The standard InChI is InChI=1S/C14H19ClN2O5/c1-4-17(5-6-18)14(20)13(19)16-10-8-11(21-2)9(15)7-12(10)22-3/h7-8,18H,4-6H2,1-3H3,(H,16,19). The number of aliphatic hydroxyl groups is 1. The topological polar surface area (TPSA) is 88.1 Å². The zero-order valence-electron chi connectivity index (χ0n) is 12.7. The van der Waals surface area contributed by atoms with Crippen LogP contribution in [-0.2, 0) is 9.59 Å². The lowest BCUT2D eigenvalue weighted by atomic mass is 10.2. The zero-order chi connectivity index (χ0) is 16.7. The molecule has 1 rings (SSSR count). The molecule has 2 N–H and O–H groups in total. The third kappa shape index (κ3) is 4.25. The molecule has 0 aromatic heterocycles. The number of likely N-dealkylation sites (N-methyl/N-ethyl adjacent to an activating group) is 1. The number of hydrogen-bond acceptors (Lipinski definition) is 5. The molecule has 2 amide bonds. The quantitative estimate of drug-likeness (QED) is 0.764. The molecule has 0 aliphatic carbocycles. The minimum absolute atomic E-state index is 0.0871. The van der Waals surface area contributed by atoms with Crippen molar-refractivity contribution < 1.29 is 24.2 Å². The monoisotopic (exact) mass is 330 g/mol. The number of rotatable bonds is 6. The summed E-state index contributed by atoms with van der Waals surface area (Å²) < 4.78 is 10.2. The van der Waals surface area contributed by atoms with E-state index in [1.54, 1.807) is 6.92 Å². The highest BCUT2D eigenvalue weighted by atomic mass is 35.5.